The zero-order valence-corrected chi connectivity index (χ0v) is 22.6. The minimum atomic E-state index is -0.825. The fraction of sp³-hybridized carbons (Fsp3) is 0.452. The number of aliphatic carboxylic acids is 1. The van der Waals surface area contributed by atoms with Crippen LogP contribution in [0.5, 0.6) is 0 Å². The first-order valence-electron chi connectivity index (χ1n) is 13.9. The normalized spacial score (nSPS) is 18.2. The van der Waals surface area contributed by atoms with Crippen LogP contribution in [0.25, 0.3) is 5.69 Å². The highest BCUT2D eigenvalue weighted by Crippen LogP contribution is 2.31. The van der Waals surface area contributed by atoms with Crippen LogP contribution in [0.15, 0.2) is 48.7 Å². The van der Waals surface area contributed by atoms with Crippen molar-refractivity contribution >= 4 is 17.6 Å². The van der Waals surface area contributed by atoms with E-state index in [4.69, 9.17) is 5.10 Å². The summed E-state index contributed by atoms with van der Waals surface area (Å²) in [5.74, 6) is -1.06. The van der Waals surface area contributed by atoms with Crippen LogP contribution in [-0.2, 0) is 17.6 Å². The van der Waals surface area contributed by atoms with Gasteiger partial charge in [-0.25, -0.2) is 4.68 Å². The van der Waals surface area contributed by atoms with E-state index in [-0.39, 0.29) is 18.5 Å². The molecule has 7 heteroatoms. The first kappa shape index (κ1) is 26.0. The van der Waals surface area contributed by atoms with Crippen LogP contribution in [0.1, 0.15) is 78.3 Å². The van der Waals surface area contributed by atoms with Gasteiger partial charge in [0.15, 0.2) is 0 Å². The Kier molecular flexibility index (Phi) is 7.54. The SMILES string of the molecule is Cc1cc(-n2cc3c(n2)CCCC3)ccc1C(Nc1ccc(C(=O)N2CCCC(C(=O)O)C2)cc1)C(C)C. The van der Waals surface area contributed by atoms with Gasteiger partial charge >= 0.3 is 5.97 Å². The molecule has 1 saturated heterocycles. The summed E-state index contributed by atoms with van der Waals surface area (Å²) in [4.78, 5) is 26.0. The van der Waals surface area contributed by atoms with Gasteiger partial charge in [-0.3, -0.25) is 9.59 Å². The summed E-state index contributed by atoms with van der Waals surface area (Å²) in [6, 6.07) is 14.2. The van der Waals surface area contributed by atoms with Crippen molar-refractivity contribution in [3.8, 4) is 5.69 Å². The second-order valence-electron chi connectivity index (χ2n) is 11.2. The summed E-state index contributed by atoms with van der Waals surface area (Å²) in [6.07, 6.45) is 8.21. The van der Waals surface area contributed by atoms with Gasteiger partial charge in [0.1, 0.15) is 0 Å². The number of nitrogens with one attached hydrogen (secondary N) is 1. The molecule has 1 aromatic heterocycles. The minimum absolute atomic E-state index is 0.102. The molecule has 38 heavy (non-hydrogen) atoms. The maximum atomic E-state index is 13.0. The van der Waals surface area contributed by atoms with E-state index in [0.717, 1.165) is 30.6 Å². The van der Waals surface area contributed by atoms with E-state index in [2.05, 4.69) is 50.5 Å². The molecule has 3 aromatic rings. The number of carbonyl (C=O) groups excluding carboxylic acids is 1. The molecule has 1 aliphatic carbocycles. The molecule has 2 N–H and O–H groups in total. The van der Waals surface area contributed by atoms with Crippen LogP contribution in [0.4, 0.5) is 5.69 Å². The molecule has 2 unspecified atom stereocenters. The average Bonchev–Trinajstić information content (AvgIpc) is 3.36. The number of nitrogens with zero attached hydrogens (tertiary/aromatic N) is 3. The van der Waals surface area contributed by atoms with Crippen molar-refractivity contribution in [3.63, 3.8) is 0 Å². The highest BCUT2D eigenvalue weighted by molar-refractivity contribution is 5.95. The van der Waals surface area contributed by atoms with Crippen LogP contribution in [0, 0.1) is 18.8 Å². The van der Waals surface area contributed by atoms with Crippen LogP contribution >= 0.6 is 0 Å². The van der Waals surface area contributed by atoms with Crippen LogP contribution in [-0.4, -0.2) is 44.8 Å². The summed E-state index contributed by atoms with van der Waals surface area (Å²) in [6.45, 7) is 7.46. The van der Waals surface area contributed by atoms with Gasteiger partial charge in [-0.05, 0) is 104 Å². The van der Waals surface area contributed by atoms with Gasteiger partial charge in [0.05, 0.1) is 23.3 Å². The first-order valence-corrected chi connectivity index (χ1v) is 13.9. The number of aryl methyl sites for hydroxylation is 3. The number of carbonyl (C=O) groups is 2. The van der Waals surface area contributed by atoms with Crippen molar-refractivity contribution in [2.24, 2.45) is 11.8 Å². The number of fused-ring (bicyclic) bond motifs is 1. The largest absolute Gasteiger partial charge is 0.481 e. The Morgan fingerprint density at radius 2 is 1.82 bits per heavy atom. The Labute approximate surface area is 224 Å². The van der Waals surface area contributed by atoms with E-state index in [0.29, 0.717) is 24.4 Å². The molecule has 200 valence electrons. The van der Waals surface area contributed by atoms with Crippen molar-refractivity contribution < 1.29 is 14.7 Å². The predicted octanol–water partition coefficient (Wildman–Crippen LogP) is 5.81. The lowest BCUT2D eigenvalue weighted by Crippen LogP contribution is -2.42. The Morgan fingerprint density at radius 1 is 1.05 bits per heavy atom. The lowest BCUT2D eigenvalue weighted by molar-refractivity contribution is -0.143. The molecular weight excluding hydrogens is 476 g/mol. The molecular formula is C31H38N4O3. The Bertz CT molecular complexity index is 1290. The lowest BCUT2D eigenvalue weighted by Gasteiger charge is -2.31. The molecule has 2 aliphatic rings. The topological polar surface area (TPSA) is 87.5 Å². The molecule has 1 amide bonds. The average molecular weight is 515 g/mol. The first-order chi connectivity index (χ1) is 18.3. The molecule has 2 heterocycles. The van der Waals surface area contributed by atoms with Gasteiger partial charge in [0, 0.05) is 30.5 Å². The summed E-state index contributed by atoms with van der Waals surface area (Å²) >= 11 is 0. The second-order valence-corrected chi connectivity index (χ2v) is 11.2. The van der Waals surface area contributed by atoms with E-state index in [1.54, 1.807) is 4.90 Å². The molecule has 0 spiro atoms. The van der Waals surface area contributed by atoms with Gasteiger partial charge in [0.2, 0.25) is 0 Å². The standard InChI is InChI=1S/C31H38N4O3/c1-20(2)29(27-15-14-26(17-21(27)3)35-19-23-7-4-5-9-28(23)33-35)32-25-12-10-22(11-13-25)30(36)34-16-6-8-24(18-34)31(37)38/h10-15,17,19-20,24,29,32H,4-9,16,18H2,1-3H3,(H,37,38). The van der Waals surface area contributed by atoms with Crippen molar-refractivity contribution in [1.29, 1.82) is 0 Å². The monoisotopic (exact) mass is 514 g/mol. The molecule has 7 nitrogen and oxygen atoms in total. The molecule has 5 rings (SSSR count). The van der Waals surface area contributed by atoms with E-state index < -0.39 is 11.9 Å². The number of rotatable bonds is 7. The van der Waals surface area contributed by atoms with Gasteiger partial charge < -0.3 is 15.3 Å². The third-order valence-corrected chi connectivity index (χ3v) is 8.02. The lowest BCUT2D eigenvalue weighted by atomic mass is 9.92. The molecule has 0 saturated carbocycles. The zero-order chi connectivity index (χ0) is 26.8. The number of aromatic nitrogens is 2. The van der Waals surface area contributed by atoms with E-state index in [1.807, 2.05) is 28.9 Å². The van der Waals surface area contributed by atoms with Crippen LogP contribution < -0.4 is 5.32 Å². The maximum Gasteiger partial charge on any atom is 0.308 e. The number of amides is 1. The van der Waals surface area contributed by atoms with Crippen molar-refractivity contribution in [2.75, 3.05) is 18.4 Å². The van der Waals surface area contributed by atoms with Gasteiger partial charge in [-0.2, -0.15) is 5.10 Å². The smallest absolute Gasteiger partial charge is 0.308 e. The van der Waals surface area contributed by atoms with Crippen molar-refractivity contribution in [1.82, 2.24) is 14.7 Å². The maximum absolute atomic E-state index is 13.0. The predicted molar refractivity (Wildman–Crippen MR) is 149 cm³/mol. The number of hydrogen-bond acceptors (Lipinski definition) is 4. The molecule has 1 aliphatic heterocycles. The summed E-state index contributed by atoms with van der Waals surface area (Å²) < 4.78 is 2.03. The summed E-state index contributed by atoms with van der Waals surface area (Å²) in [5.41, 5.74) is 7.71. The molecule has 2 aromatic carbocycles. The van der Waals surface area contributed by atoms with Gasteiger partial charge in [-0.1, -0.05) is 19.9 Å². The van der Waals surface area contributed by atoms with Gasteiger partial charge in [-0.15, -0.1) is 0 Å². The molecule has 0 bridgehead atoms. The van der Waals surface area contributed by atoms with Crippen LogP contribution in [0.2, 0.25) is 0 Å². The number of hydrogen-bond donors (Lipinski definition) is 2. The number of likely N-dealkylation sites (tertiary alicyclic amines) is 1. The van der Waals surface area contributed by atoms with Crippen molar-refractivity contribution in [2.45, 2.75) is 65.3 Å². The van der Waals surface area contributed by atoms with Crippen LogP contribution in [0.3, 0.4) is 0 Å². The molecule has 2 atom stereocenters. The quantitative estimate of drug-likeness (QED) is 0.416. The third-order valence-electron chi connectivity index (χ3n) is 8.02. The number of carboxylic acids is 1. The molecule has 1 fully saturated rings. The van der Waals surface area contributed by atoms with Gasteiger partial charge in [0.25, 0.3) is 5.91 Å². The number of benzene rings is 2. The van der Waals surface area contributed by atoms with E-state index in [9.17, 15) is 14.7 Å². The number of carboxylic acid groups (broad SMARTS) is 1. The Balaban J connectivity index is 1.30. The highest BCUT2D eigenvalue weighted by Gasteiger charge is 2.28. The van der Waals surface area contributed by atoms with E-state index in [1.165, 1.54) is 35.2 Å². The third kappa shape index (κ3) is 5.47. The molecule has 0 radical (unpaired) electrons. The fourth-order valence-electron chi connectivity index (χ4n) is 5.79. The number of anilines is 1. The Morgan fingerprint density at radius 3 is 2.50 bits per heavy atom. The zero-order valence-electron chi connectivity index (χ0n) is 22.6. The summed E-state index contributed by atoms with van der Waals surface area (Å²) in [5, 5.41) is 17.9. The highest BCUT2D eigenvalue weighted by atomic mass is 16.4. The summed E-state index contributed by atoms with van der Waals surface area (Å²) in [7, 11) is 0. The fourth-order valence-corrected chi connectivity index (χ4v) is 5.79. The van der Waals surface area contributed by atoms with E-state index >= 15 is 0 Å². The van der Waals surface area contributed by atoms with Crippen molar-refractivity contribution in [3.05, 3.63) is 76.6 Å². The Hall–Kier alpha value is -3.61. The number of piperidine rings is 1. The minimum Gasteiger partial charge on any atom is -0.481 e. The second kappa shape index (κ2) is 11.0.